The SMILES string of the molecule is CCCCCCCCc1cc(C)cc(C2(C)c3cc([B+]COC(C)(C)C(C)(C)O)c(C)cc3C3C=C(C)C([BH-]4OC(C)(C)C(C)(C)O4)=C[C@H]32)c1. The molecule has 0 spiro atoms. The van der Waals surface area contributed by atoms with Gasteiger partial charge in [-0.3, -0.25) is 0 Å². The van der Waals surface area contributed by atoms with Crippen LogP contribution < -0.4 is 5.46 Å². The molecule has 0 radical (unpaired) electrons. The van der Waals surface area contributed by atoms with Crippen LogP contribution in [-0.2, 0) is 25.9 Å². The zero-order valence-electron chi connectivity index (χ0n) is 33.8. The normalized spacial score (nSPS) is 24.4. The average molecular weight is 681 g/mol. The van der Waals surface area contributed by atoms with E-state index in [1.54, 1.807) is 0 Å². The predicted octanol–water partition coefficient (Wildman–Crippen LogP) is 9.33. The Morgan fingerprint density at radius 1 is 0.840 bits per heavy atom. The van der Waals surface area contributed by atoms with Crippen LogP contribution in [0.3, 0.4) is 0 Å². The zero-order valence-corrected chi connectivity index (χ0v) is 33.8. The van der Waals surface area contributed by atoms with Gasteiger partial charge in [-0.1, -0.05) is 19.8 Å². The molecule has 2 aromatic rings. The van der Waals surface area contributed by atoms with Gasteiger partial charge in [0.1, 0.15) is 0 Å². The third-order valence-corrected chi connectivity index (χ3v) is 13.2. The molecule has 2 unspecified atom stereocenters. The van der Waals surface area contributed by atoms with Crippen molar-refractivity contribution in [1.29, 1.82) is 0 Å². The molecule has 1 aliphatic heterocycles. The molecule has 2 aromatic carbocycles. The number of benzene rings is 2. The van der Waals surface area contributed by atoms with Crippen molar-refractivity contribution in [3.8, 4) is 0 Å². The third-order valence-electron chi connectivity index (χ3n) is 13.2. The second kappa shape index (κ2) is 14.4. The fourth-order valence-corrected chi connectivity index (χ4v) is 8.41. The summed E-state index contributed by atoms with van der Waals surface area (Å²) < 4.78 is 19.8. The number of hydrogen-bond acceptors (Lipinski definition) is 4. The van der Waals surface area contributed by atoms with Crippen molar-refractivity contribution in [1.82, 2.24) is 0 Å². The molecule has 1 saturated heterocycles. The van der Waals surface area contributed by atoms with E-state index in [-0.39, 0.29) is 28.5 Å². The molecule has 0 bridgehead atoms. The van der Waals surface area contributed by atoms with Crippen molar-refractivity contribution in [2.45, 2.75) is 169 Å². The summed E-state index contributed by atoms with van der Waals surface area (Å²) in [6.07, 6.45) is 14.0. The Morgan fingerprint density at radius 3 is 2.12 bits per heavy atom. The maximum absolute atomic E-state index is 10.7. The van der Waals surface area contributed by atoms with Crippen LogP contribution >= 0.6 is 0 Å². The van der Waals surface area contributed by atoms with E-state index < -0.39 is 18.3 Å². The number of rotatable bonds is 14. The average Bonchev–Trinajstić information content (AvgIpc) is 3.37. The van der Waals surface area contributed by atoms with Gasteiger partial charge in [0.2, 0.25) is 0 Å². The minimum atomic E-state index is -1.44. The Balaban J connectivity index is 1.56. The van der Waals surface area contributed by atoms with E-state index in [1.165, 1.54) is 88.4 Å². The van der Waals surface area contributed by atoms with Crippen LogP contribution in [0.1, 0.15) is 154 Å². The molecule has 6 heteroatoms. The first-order chi connectivity index (χ1) is 23.2. The van der Waals surface area contributed by atoms with Crippen molar-refractivity contribution in [3.63, 3.8) is 0 Å². The first-order valence-electron chi connectivity index (χ1n) is 19.6. The molecule has 5 rings (SSSR count). The van der Waals surface area contributed by atoms with Crippen LogP contribution in [0.4, 0.5) is 0 Å². The van der Waals surface area contributed by atoms with Gasteiger partial charge in [-0.05, 0) is 0 Å². The first kappa shape index (κ1) is 39.1. The molecular weight excluding hydrogens is 614 g/mol. The van der Waals surface area contributed by atoms with Gasteiger partial charge in [-0.2, -0.15) is 0 Å². The van der Waals surface area contributed by atoms with Crippen molar-refractivity contribution in [3.05, 3.63) is 86.9 Å². The summed E-state index contributed by atoms with van der Waals surface area (Å²) in [5, 5.41) is 10.7. The Hall–Kier alpha value is -2.11. The Bertz CT molecular complexity index is 1590. The summed E-state index contributed by atoms with van der Waals surface area (Å²) in [6.45, 7) is 28.1. The summed E-state index contributed by atoms with van der Waals surface area (Å²) in [4.78, 5) is 0. The van der Waals surface area contributed by atoms with Crippen LogP contribution in [0.15, 0.2) is 53.5 Å². The standard InChI is InChI=1S/C44H66B2O4/c1-14-15-16-17-18-19-20-32-21-29(2)22-33(25-32)44(13)36-26-38(45-28-48-41(7,8)40(5,6)47)30(3)23-34(36)35-24-31(4)39(27-37(35)44)46-49-42(9,10)43(11,12)50-46/h21-27,35,37,46-47H,14-20,28H2,1-13H3/t35?,37-,44?/m1/s1. The van der Waals surface area contributed by atoms with Gasteiger partial charge in [0.05, 0.1) is 0 Å². The van der Waals surface area contributed by atoms with E-state index in [0.717, 1.165) is 6.42 Å². The van der Waals surface area contributed by atoms with Gasteiger partial charge in [-0.15, -0.1) is 0 Å². The first-order valence-corrected chi connectivity index (χ1v) is 19.6. The number of fused-ring (bicyclic) bond motifs is 3. The number of aliphatic hydroxyl groups is 1. The van der Waals surface area contributed by atoms with E-state index in [2.05, 4.69) is 112 Å². The predicted molar refractivity (Wildman–Crippen MR) is 213 cm³/mol. The van der Waals surface area contributed by atoms with Crippen molar-refractivity contribution in [2.75, 3.05) is 6.51 Å². The second-order valence-electron chi connectivity index (χ2n) is 18.1. The van der Waals surface area contributed by atoms with E-state index in [4.69, 9.17) is 14.0 Å². The van der Waals surface area contributed by atoms with E-state index >= 15 is 0 Å². The van der Waals surface area contributed by atoms with Crippen molar-refractivity contribution >= 4 is 19.9 Å². The van der Waals surface area contributed by atoms with Crippen LogP contribution in [0.5, 0.6) is 0 Å². The summed E-state index contributed by atoms with van der Waals surface area (Å²) in [7, 11) is 0.758. The molecule has 3 atom stereocenters. The number of unbranched alkanes of at least 4 members (excludes halogenated alkanes) is 5. The molecule has 2 aliphatic carbocycles. The van der Waals surface area contributed by atoms with Crippen molar-refractivity contribution < 1.29 is 19.2 Å². The third kappa shape index (κ3) is 7.52. The summed E-state index contributed by atoms with van der Waals surface area (Å²) >= 11 is 0. The molecule has 0 aromatic heterocycles. The fourth-order valence-electron chi connectivity index (χ4n) is 8.41. The molecule has 4 nitrogen and oxygen atoms in total. The molecule has 0 saturated carbocycles. The van der Waals surface area contributed by atoms with Gasteiger partial charge in [0.25, 0.3) is 0 Å². The quantitative estimate of drug-likeness (QED) is 0.160. The molecule has 0 amide bonds. The van der Waals surface area contributed by atoms with Gasteiger partial charge in [0, 0.05) is 0 Å². The van der Waals surface area contributed by atoms with Crippen LogP contribution in [0, 0.1) is 19.8 Å². The van der Waals surface area contributed by atoms with Gasteiger partial charge < -0.3 is 0 Å². The Morgan fingerprint density at radius 2 is 1.48 bits per heavy atom. The maximum atomic E-state index is 10.7. The van der Waals surface area contributed by atoms with Crippen LogP contribution in [0.25, 0.3) is 0 Å². The molecule has 3 aliphatic rings. The van der Waals surface area contributed by atoms with Gasteiger partial charge in [-0.25, -0.2) is 0 Å². The topological polar surface area (TPSA) is 47.9 Å². The van der Waals surface area contributed by atoms with Gasteiger partial charge >= 0.3 is 287 Å². The molecule has 50 heavy (non-hydrogen) atoms. The molecule has 1 N–H and O–H groups in total. The fraction of sp³-hybridized carbons (Fsp3) is 0.636. The van der Waals surface area contributed by atoms with E-state index in [9.17, 15) is 5.11 Å². The molecule has 1 fully saturated rings. The minimum absolute atomic E-state index is 0.228. The summed E-state index contributed by atoms with van der Waals surface area (Å²) in [5.41, 5.74) is 9.36. The molecule has 1 heterocycles. The number of allylic oxidation sites excluding steroid dienone is 4. The van der Waals surface area contributed by atoms with Crippen LogP contribution in [0.2, 0.25) is 0 Å². The second-order valence-corrected chi connectivity index (χ2v) is 18.1. The van der Waals surface area contributed by atoms with Gasteiger partial charge in [0.15, 0.2) is 0 Å². The number of aryl methyl sites for hydroxylation is 3. The zero-order chi connectivity index (χ0) is 36.9. The Kier molecular flexibility index (Phi) is 11.2. The van der Waals surface area contributed by atoms with E-state index in [1.807, 2.05) is 27.7 Å². The van der Waals surface area contributed by atoms with Crippen molar-refractivity contribution in [2.24, 2.45) is 5.92 Å². The summed E-state index contributed by atoms with van der Waals surface area (Å²) in [6, 6.07) is 12.2. The molecule has 272 valence electrons. The number of hydrogen-bond donors (Lipinski definition) is 1. The number of ether oxygens (including phenoxy) is 1. The summed E-state index contributed by atoms with van der Waals surface area (Å²) in [5.74, 6) is 0.493. The monoisotopic (exact) mass is 681 g/mol. The molecular formula is C44H66B2O4. The van der Waals surface area contributed by atoms with Crippen LogP contribution in [-0.4, -0.2) is 48.4 Å². The Labute approximate surface area is 306 Å². The van der Waals surface area contributed by atoms with E-state index in [0.29, 0.717) is 6.51 Å².